The summed E-state index contributed by atoms with van der Waals surface area (Å²) in [5.41, 5.74) is 5.68. The maximum atomic E-state index is 11.3. The minimum Gasteiger partial charge on any atom is -0.359 e. The van der Waals surface area contributed by atoms with E-state index in [4.69, 9.17) is 5.73 Å². The summed E-state index contributed by atoms with van der Waals surface area (Å²) in [5, 5.41) is 2.63. The zero-order chi connectivity index (χ0) is 12.6. The lowest BCUT2D eigenvalue weighted by atomic mass is 10.1. The second-order valence-electron chi connectivity index (χ2n) is 4.40. The van der Waals surface area contributed by atoms with Crippen LogP contribution in [-0.4, -0.2) is 69.6 Å². The molecule has 0 heterocycles. The summed E-state index contributed by atoms with van der Waals surface area (Å²) >= 11 is 0. The molecule has 0 aromatic rings. The lowest BCUT2D eigenvalue weighted by molar-refractivity contribution is -0.121. The molecule has 0 radical (unpaired) electrons. The van der Waals surface area contributed by atoms with Gasteiger partial charge in [-0.2, -0.15) is 0 Å². The molecule has 0 aliphatic rings. The third-order valence-corrected chi connectivity index (χ3v) is 2.71. The molecule has 1 unspecified atom stereocenters. The van der Waals surface area contributed by atoms with Crippen molar-refractivity contribution in [3.05, 3.63) is 0 Å². The molecule has 0 rings (SSSR count). The van der Waals surface area contributed by atoms with E-state index in [0.29, 0.717) is 13.0 Å². The van der Waals surface area contributed by atoms with Crippen LogP contribution in [0.2, 0.25) is 0 Å². The van der Waals surface area contributed by atoms with Gasteiger partial charge < -0.3 is 20.9 Å². The van der Waals surface area contributed by atoms with Gasteiger partial charge in [0.05, 0.1) is 0 Å². The number of hydrogen-bond acceptors (Lipinski definition) is 4. The van der Waals surface area contributed by atoms with E-state index in [0.717, 1.165) is 19.5 Å². The van der Waals surface area contributed by atoms with Crippen molar-refractivity contribution in [3.8, 4) is 0 Å². The van der Waals surface area contributed by atoms with Gasteiger partial charge in [0.15, 0.2) is 0 Å². The molecule has 16 heavy (non-hydrogen) atoms. The normalized spacial score (nSPS) is 13.2. The number of carbonyl (C=O) groups is 1. The molecule has 5 nitrogen and oxygen atoms in total. The Hall–Kier alpha value is -0.650. The Balaban J connectivity index is 3.90. The van der Waals surface area contributed by atoms with Crippen LogP contribution in [-0.2, 0) is 4.79 Å². The molecule has 0 spiro atoms. The smallest absolute Gasteiger partial charge is 0.221 e. The summed E-state index contributed by atoms with van der Waals surface area (Å²) in [6, 6.07) is 0.141. The average Bonchev–Trinajstić information content (AvgIpc) is 2.24. The summed E-state index contributed by atoms with van der Waals surface area (Å²) in [5.74, 6) is 0.0508. The van der Waals surface area contributed by atoms with Crippen molar-refractivity contribution in [2.75, 3.05) is 47.8 Å². The van der Waals surface area contributed by atoms with E-state index in [1.54, 1.807) is 7.05 Å². The van der Waals surface area contributed by atoms with Gasteiger partial charge in [-0.3, -0.25) is 4.79 Å². The monoisotopic (exact) mass is 230 g/mol. The fourth-order valence-electron chi connectivity index (χ4n) is 1.55. The molecular weight excluding hydrogens is 204 g/mol. The van der Waals surface area contributed by atoms with E-state index < -0.39 is 0 Å². The van der Waals surface area contributed by atoms with Gasteiger partial charge in [-0.15, -0.1) is 0 Å². The van der Waals surface area contributed by atoms with Crippen molar-refractivity contribution in [2.45, 2.75) is 18.9 Å². The maximum absolute atomic E-state index is 11.3. The number of hydrogen-bond donors (Lipinski definition) is 2. The minimum absolute atomic E-state index is 0.0508. The van der Waals surface area contributed by atoms with Crippen LogP contribution in [0.4, 0.5) is 0 Å². The molecule has 0 saturated carbocycles. The average molecular weight is 230 g/mol. The molecular formula is C11H26N4O. The van der Waals surface area contributed by atoms with Crippen molar-refractivity contribution in [2.24, 2.45) is 5.73 Å². The van der Waals surface area contributed by atoms with E-state index in [2.05, 4.69) is 29.2 Å². The van der Waals surface area contributed by atoms with Gasteiger partial charge in [0.2, 0.25) is 5.91 Å². The van der Waals surface area contributed by atoms with Gasteiger partial charge in [-0.1, -0.05) is 0 Å². The molecule has 0 aromatic heterocycles. The van der Waals surface area contributed by atoms with Gasteiger partial charge >= 0.3 is 0 Å². The molecule has 96 valence electrons. The number of nitrogens with zero attached hydrogens (tertiary/aromatic N) is 2. The Morgan fingerprint density at radius 2 is 1.94 bits per heavy atom. The molecule has 0 aromatic carbocycles. The third-order valence-electron chi connectivity index (χ3n) is 2.71. The van der Waals surface area contributed by atoms with E-state index in [9.17, 15) is 4.79 Å². The summed E-state index contributed by atoms with van der Waals surface area (Å²) in [4.78, 5) is 15.6. The molecule has 1 amide bonds. The highest BCUT2D eigenvalue weighted by Crippen LogP contribution is 2.01. The quantitative estimate of drug-likeness (QED) is 0.581. The van der Waals surface area contributed by atoms with Gasteiger partial charge in [0, 0.05) is 26.1 Å². The van der Waals surface area contributed by atoms with E-state index in [1.807, 2.05) is 7.05 Å². The summed E-state index contributed by atoms with van der Waals surface area (Å²) in [6.07, 6.45) is 1.57. The van der Waals surface area contributed by atoms with Gasteiger partial charge in [-0.05, 0) is 40.7 Å². The van der Waals surface area contributed by atoms with E-state index >= 15 is 0 Å². The Morgan fingerprint density at radius 1 is 1.31 bits per heavy atom. The van der Waals surface area contributed by atoms with Crippen LogP contribution in [0.3, 0.4) is 0 Å². The molecule has 5 heteroatoms. The minimum atomic E-state index is 0.0508. The number of amides is 1. The maximum Gasteiger partial charge on any atom is 0.221 e. The molecule has 0 fully saturated rings. The lowest BCUT2D eigenvalue weighted by Crippen LogP contribution is -2.42. The highest BCUT2D eigenvalue weighted by Gasteiger charge is 2.15. The first-order valence-corrected chi connectivity index (χ1v) is 5.76. The van der Waals surface area contributed by atoms with E-state index in [-0.39, 0.29) is 11.9 Å². The van der Waals surface area contributed by atoms with Crippen LogP contribution < -0.4 is 11.1 Å². The SMILES string of the molecule is CNC(=O)CC(CN)N(C)CCCN(C)C. The first-order chi connectivity index (χ1) is 7.51. The summed E-state index contributed by atoms with van der Waals surface area (Å²) in [6.45, 7) is 2.55. The fourth-order valence-corrected chi connectivity index (χ4v) is 1.55. The van der Waals surface area contributed by atoms with E-state index in [1.165, 1.54) is 0 Å². The van der Waals surface area contributed by atoms with Gasteiger partial charge in [-0.25, -0.2) is 0 Å². The van der Waals surface area contributed by atoms with Crippen molar-refractivity contribution in [3.63, 3.8) is 0 Å². The topological polar surface area (TPSA) is 61.6 Å². The lowest BCUT2D eigenvalue weighted by Gasteiger charge is -2.26. The first-order valence-electron chi connectivity index (χ1n) is 5.76. The third kappa shape index (κ3) is 6.76. The Bertz CT molecular complexity index is 196. The van der Waals surface area contributed by atoms with Crippen LogP contribution in [0.1, 0.15) is 12.8 Å². The van der Waals surface area contributed by atoms with Crippen LogP contribution in [0, 0.1) is 0 Å². The first kappa shape index (κ1) is 15.3. The number of nitrogens with two attached hydrogens (primary N) is 1. The van der Waals surface area contributed by atoms with Gasteiger partial charge in [0.25, 0.3) is 0 Å². The van der Waals surface area contributed by atoms with Crippen molar-refractivity contribution in [1.82, 2.24) is 15.1 Å². The molecule has 0 aliphatic heterocycles. The Kier molecular flexibility index (Phi) is 8.15. The highest BCUT2D eigenvalue weighted by atomic mass is 16.1. The Labute approximate surface area is 99.0 Å². The fraction of sp³-hybridized carbons (Fsp3) is 0.909. The zero-order valence-corrected chi connectivity index (χ0v) is 11.0. The predicted octanol–water partition coefficient (Wildman–Crippen LogP) is -0.667. The predicted molar refractivity (Wildman–Crippen MR) is 67.3 cm³/mol. The molecule has 1 atom stereocenters. The highest BCUT2D eigenvalue weighted by molar-refractivity contribution is 5.76. The van der Waals surface area contributed by atoms with Crippen LogP contribution >= 0.6 is 0 Å². The zero-order valence-electron chi connectivity index (χ0n) is 11.0. The number of rotatable bonds is 8. The number of carbonyl (C=O) groups excluding carboxylic acids is 1. The molecule has 0 aliphatic carbocycles. The number of nitrogens with one attached hydrogen (secondary N) is 1. The molecule has 3 N–H and O–H groups in total. The van der Waals surface area contributed by atoms with Crippen molar-refractivity contribution < 1.29 is 4.79 Å². The Morgan fingerprint density at radius 3 is 2.38 bits per heavy atom. The van der Waals surface area contributed by atoms with Crippen LogP contribution in [0.5, 0.6) is 0 Å². The standard InChI is InChI=1S/C11H26N4O/c1-13-11(16)8-10(9-12)15(4)7-5-6-14(2)3/h10H,5-9,12H2,1-4H3,(H,13,16). The second kappa shape index (κ2) is 8.50. The second-order valence-corrected chi connectivity index (χ2v) is 4.40. The van der Waals surface area contributed by atoms with Crippen molar-refractivity contribution >= 4 is 5.91 Å². The summed E-state index contributed by atoms with van der Waals surface area (Å²) in [7, 11) is 7.80. The summed E-state index contributed by atoms with van der Waals surface area (Å²) < 4.78 is 0. The van der Waals surface area contributed by atoms with Gasteiger partial charge in [0.1, 0.15) is 0 Å². The molecule has 0 bridgehead atoms. The largest absolute Gasteiger partial charge is 0.359 e. The molecule has 0 saturated heterocycles. The van der Waals surface area contributed by atoms with Crippen molar-refractivity contribution in [1.29, 1.82) is 0 Å². The van der Waals surface area contributed by atoms with Crippen LogP contribution in [0.15, 0.2) is 0 Å². The van der Waals surface area contributed by atoms with Crippen LogP contribution in [0.25, 0.3) is 0 Å². The number of likely N-dealkylation sites (N-methyl/N-ethyl adjacent to an activating group) is 1.